The van der Waals surface area contributed by atoms with Crippen LogP contribution in [0.25, 0.3) is 10.2 Å². The molecule has 28 heavy (non-hydrogen) atoms. The number of aromatic nitrogens is 1. The number of rotatable bonds is 5. The summed E-state index contributed by atoms with van der Waals surface area (Å²) in [6.45, 7) is 3.70. The molecule has 0 saturated heterocycles. The molecule has 0 aliphatic rings. The minimum atomic E-state index is -0.492. The molecule has 0 unspecified atom stereocenters. The molecule has 0 saturated carbocycles. The first kappa shape index (κ1) is 19.8. The van der Waals surface area contributed by atoms with Crippen LogP contribution >= 0.6 is 11.3 Å². The second-order valence-electron chi connectivity index (χ2n) is 6.27. The van der Waals surface area contributed by atoms with E-state index in [0.29, 0.717) is 26.3 Å². The summed E-state index contributed by atoms with van der Waals surface area (Å²) in [5.41, 5.74) is 0.980. The summed E-state index contributed by atoms with van der Waals surface area (Å²) in [5.74, 6) is -0.711. The predicted molar refractivity (Wildman–Crippen MR) is 104 cm³/mol. The number of ether oxygens (including phenoxy) is 2. The third-order valence-electron chi connectivity index (χ3n) is 3.83. The van der Waals surface area contributed by atoms with Gasteiger partial charge in [-0.25, -0.2) is 4.39 Å². The molecule has 8 heteroatoms. The number of hydrogen-bond donors (Lipinski definition) is 0. The zero-order valence-electron chi connectivity index (χ0n) is 15.6. The van der Waals surface area contributed by atoms with Crippen LogP contribution < -0.4 is 9.54 Å². The second-order valence-corrected chi connectivity index (χ2v) is 7.28. The fraction of sp³-hybridized carbons (Fsp3) is 0.250. The molecular formula is C20H19FN2O4S. The lowest BCUT2D eigenvalue weighted by atomic mass is 10.2. The lowest BCUT2D eigenvalue weighted by Crippen LogP contribution is -2.22. The maximum Gasteiger partial charge on any atom is 0.325 e. The number of amides is 1. The van der Waals surface area contributed by atoms with Crippen LogP contribution in [0.3, 0.4) is 0 Å². The molecule has 1 amide bonds. The fourth-order valence-electron chi connectivity index (χ4n) is 2.58. The molecule has 146 valence electrons. The van der Waals surface area contributed by atoms with Crippen LogP contribution in [-0.2, 0) is 16.1 Å². The highest BCUT2D eigenvalue weighted by Crippen LogP contribution is 2.19. The van der Waals surface area contributed by atoms with Gasteiger partial charge in [0, 0.05) is 5.56 Å². The van der Waals surface area contributed by atoms with Gasteiger partial charge >= 0.3 is 5.97 Å². The van der Waals surface area contributed by atoms with E-state index in [1.165, 1.54) is 19.2 Å². The van der Waals surface area contributed by atoms with Gasteiger partial charge in [-0.1, -0.05) is 11.3 Å². The summed E-state index contributed by atoms with van der Waals surface area (Å²) in [4.78, 5) is 28.8. The van der Waals surface area contributed by atoms with Crippen LogP contribution in [0.1, 0.15) is 24.2 Å². The Labute approximate surface area is 164 Å². The molecule has 3 rings (SSSR count). The lowest BCUT2D eigenvalue weighted by molar-refractivity contribution is -0.141. The van der Waals surface area contributed by atoms with Crippen LogP contribution in [-0.4, -0.2) is 29.7 Å². The van der Waals surface area contributed by atoms with Crippen molar-refractivity contribution in [3.8, 4) is 5.75 Å². The van der Waals surface area contributed by atoms with E-state index in [1.54, 1.807) is 34.9 Å². The molecule has 0 spiro atoms. The molecule has 0 aliphatic heterocycles. The van der Waals surface area contributed by atoms with Crippen molar-refractivity contribution in [1.82, 2.24) is 4.57 Å². The molecule has 6 nitrogen and oxygen atoms in total. The summed E-state index contributed by atoms with van der Waals surface area (Å²) in [5, 5.41) is 0. The number of hydrogen-bond acceptors (Lipinski definition) is 5. The number of thiazole rings is 1. The molecule has 0 radical (unpaired) electrons. The number of carbonyl (C=O) groups excluding carboxylic acids is 2. The number of halogens is 1. The third-order valence-corrected chi connectivity index (χ3v) is 4.87. The monoisotopic (exact) mass is 402 g/mol. The Morgan fingerprint density at radius 1 is 1.18 bits per heavy atom. The number of esters is 1. The quantitative estimate of drug-likeness (QED) is 0.612. The Bertz CT molecular complexity index is 1080. The summed E-state index contributed by atoms with van der Waals surface area (Å²) in [6.07, 6.45) is 0.0301. The smallest absolute Gasteiger partial charge is 0.325 e. The van der Waals surface area contributed by atoms with Gasteiger partial charge < -0.3 is 14.0 Å². The first-order valence-electron chi connectivity index (χ1n) is 8.59. The van der Waals surface area contributed by atoms with E-state index in [-0.39, 0.29) is 12.6 Å². The molecular weight excluding hydrogens is 383 g/mol. The Morgan fingerprint density at radius 2 is 1.89 bits per heavy atom. The molecule has 0 atom stereocenters. The second kappa shape index (κ2) is 8.35. The van der Waals surface area contributed by atoms with Crippen molar-refractivity contribution >= 4 is 33.4 Å². The summed E-state index contributed by atoms with van der Waals surface area (Å²) in [7, 11) is 1.28. The Morgan fingerprint density at radius 3 is 2.54 bits per heavy atom. The van der Waals surface area contributed by atoms with Gasteiger partial charge in [-0.3, -0.25) is 9.59 Å². The maximum atomic E-state index is 13.6. The highest BCUT2D eigenvalue weighted by molar-refractivity contribution is 7.16. The first-order chi connectivity index (χ1) is 13.4. The van der Waals surface area contributed by atoms with E-state index >= 15 is 0 Å². The van der Waals surface area contributed by atoms with Crippen LogP contribution in [0.15, 0.2) is 47.5 Å². The zero-order chi connectivity index (χ0) is 20.3. The molecule has 3 aromatic rings. The van der Waals surface area contributed by atoms with Crippen LogP contribution in [0.5, 0.6) is 5.75 Å². The average molecular weight is 402 g/mol. The van der Waals surface area contributed by atoms with Gasteiger partial charge in [0.05, 0.1) is 23.4 Å². The lowest BCUT2D eigenvalue weighted by Gasteiger charge is -2.09. The Kier molecular flexibility index (Phi) is 5.89. The molecule has 0 aliphatic carbocycles. The Balaban J connectivity index is 2.01. The summed E-state index contributed by atoms with van der Waals surface area (Å²) >= 11 is 1.13. The number of nitrogens with zero attached hydrogens (tertiary/aromatic N) is 2. The summed E-state index contributed by atoms with van der Waals surface area (Å²) < 4.78 is 26.0. The van der Waals surface area contributed by atoms with Crippen molar-refractivity contribution in [2.45, 2.75) is 26.5 Å². The fourth-order valence-corrected chi connectivity index (χ4v) is 3.63. The van der Waals surface area contributed by atoms with Crippen molar-refractivity contribution in [3.05, 3.63) is 58.6 Å². The van der Waals surface area contributed by atoms with E-state index in [2.05, 4.69) is 4.99 Å². The molecule has 2 aromatic carbocycles. The molecule has 0 N–H and O–H groups in total. The van der Waals surface area contributed by atoms with E-state index in [4.69, 9.17) is 9.47 Å². The van der Waals surface area contributed by atoms with Crippen LogP contribution in [0, 0.1) is 5.82 Å². The van der Waals surface area contributed by atoms with Crippen molar-refractivity contribution in [1.29, 1.82) is 0 Å². The largest absolute Gasteiger partial charge is 0.491 e. The standard InChI is InChI=1S/C20H19FN2O4S/c1-12(2)27-15-7-4-13(5-8-15)19(25)22-20-23(11-18(24)26-3)16-9-6-14(21)10-17(16)28-20/h4-10,12H,11H2,1-3H3. The van der Waals surface area contributed by atoms with Crippen molar-refractivity contribution in [2.24, 2.45) is 4.99 Å². The first-order valence-corrected chi connectivity index (χ1v) is 9.40. The van der Waals surface area contributed by atoms with Crippen LogP contribution in [0.4, 0.5) is 4.39 Å². The average Bonchev–Trinajstić information content (AvgIpc) is 2.97. The highest BCUT2D eigenvalue weighted by atomic mass is 32.1. The minimum Gasteiger partial charge on any atom is -0.491 e. The normalized spacial score (nSPS) is 11.8. The number of carbonyl (C=O) groups is 2. The van der Waals surface area contributed by atoms with Crippen molar-refractivity contribution in [2.75, 3.05) is 7.11 Å². The number of benzene rings is 2. The highest BCUT2D eigenvalue weighted by Gasteiger charge is 2.13. The van der Waals surface area contributed by atoms with Gasteiger partial charge in [-0.15, -0.1) is 0 Å². The number of methoxy groups -OCH3 is 1. The molecule has 1 heterocycles. The van der Waals surface area contributed by atoms with Crippen LogP contribution in [0.2, 0.25) is 0 Å². The van der Waals surface area contributed by atoms with E-state index in [9.17, 15) is 14.0 Å². The van der Waals surface area contributed by atoms with E-state index < -0.39 is 17.7 Å². The topological polar surface area (TPSA) is 69.9 Å². The number of fused-ring (bicyclic) bond motifs is 1. The van der Waals surface area contributed by atoms with E-state index in [1.807, 2.05) is 13.8 Å². The van der Waals surface area contributed by atoms with Crippen molar-refractivity contribution < 1.29 is 23.5 Å². The molecule has 1 aromatic heterocycles. The van der Waals surface area contributed by atoms with Gasteiger partial charge in [0.25, 0.3) is 5.91 Å². The zero-order valence-corrected chi connectivity index (χ0v) is 16.5. The maximum absolute atomic E-state index is 13.6. The predicted octanol–water partition coefficient (Wildman–Crippen LogP) is 3.54. The Hall–Kier alpha value is -3.00. The third kappa shape index (κ3) is 4.45. The van der Waals surface area contributed by atoms with Gasteiger partial charge in [0.2, 0.25) is 0 Å². The van der Waals surface area contributed by atoms with E-state index in [0.717, 1.165) is 11.3 Å². The van der Waals surface area contributed by atoms with Gasteiger partial charge in [0.15, 0.2) is 4.80 Å². The van der Waals surface area contributed by atoms with Crippen molar-refractivity contribution in [3.63, 3.8) is 0 Å². The molecule has 0 bridgehead atoms. The van der Waals surface area contributed by atoms with Gasteiger partial charge in [0.1, 0.15) is 18.1 Å². The minimum absolute atomic E-state index is 0.0301. The van der Waals surface area contributed by atoms with Gasteiger partial charge in [-0.05, 0) is 56.3 Å². The van der Waals surface area contributed by atoms with Gasteiger partial charge in [-0.2, -0.15) is 4.99 Å². The SMILES string of the molecule is COC(=O)Cn1c(=NC(=O)c2ccc(OC(C)C)cc2)sc2cc(F)ccc21. The summed E-state index contributed by atoms with van der Waals surface area (Å²) in [6, 6.07) is 10.8. The molecule has 0 fully saturated rings.